The summed E-state index contributed by atoms with van der Waals surface area (Å²) in [6.45, 7) is -0.144. The van der Waals surface area contributed by atoms with Crippen LogP contribution in [-0.2, 0) is 23.6 Å². The number of nitrogens with zero attached hydrogens (tertiary/aromatic N) is 3. The van der Waals surface area contributed by atoms with E-state index >= 15 is 0 Å². The Morgan fingerprint density at radius 2 is 2.20 bits per heavy atom. The van der Waals surface area contributed by atoms with Gasteiger partial charge in [0.05, 0.1) is 11.0 Å². The molecule has 7 nitrogen and oxygen atoms in total. The third kappa shape index (κ3) is 3.14. The SMILES string of the molecule is Cn1cnc(CNS(=O)(=O)c2cc(N)cc(Br)c2F)n1. The summed E-state index contributed by atoms with van der Waals surface area (Å²) in [5.74, 6) is -0.625. The van der Waals surface area contributed by atoms with Gasteiger partial charge in [-0.3, -0.25) is 4.68 Å². The minimum Gasteiger partial charge on any atom is -0.399 e. The van der Waals surface area contributed by atoms with Gasteiger partial charge in [0.2, 0.25) is 10.0 Å². The largest absolute Gasteiger partial charge is 0.399 e. The molecule has 0 amide bonds. The minimum absolute atomic E-state index is 0.0196. The number of sulfonamides is 1. The quantitative estimate of drug-likeness (QED) is 0.781. The molecule has 2 rings (SSSR count). The van der Waals surface area contributed by atoms with E-state index in [0.717, 1.165) is 6.07 Å². The lowest BCUT2D eigenvalue weighted by molar-refractivity contribution is 0.552. The van der Waals surface area contributed by atoms with Crippen molar-refractivity contribution in [3.8, 4) is 0 Å². The van der Waals surface area contributed by atoms with E-state index in [9.17, 15) is 12.8 Å². The summed E-state index contributed by atoms with van der Waals surface area (Å²) in [6.07, 6.45) is 1.43. The van der Waals surface area contributed by atoms with E-state index in [1.165, 1.54) is 17.1 Å². The van der Waals surface area contributed by atoms with Gasteiger partial charge < -0.3 is 5.73 Å². The number of halogens is 2. The standard InChI is InChI=1S/C10H11BrFN5O2S/c1-17-5-14-9(16-17)4-15-20(18,19)8-3-6(13)2-7(11)10(8)12/h2-3,5,15H,4,13H2,1H3. The lowest BCUT2D eigenvalue weighted by Gasteiger charge is -2.08. The molecule has 0 aliphatic rings. The monoisotopic (exact) mass is 363 g/mol. The molecule has 2 aromatic rings. The number of nitrogen functional groups attached to an aromatic ring is 1. The predicted octanol–water partition coefficient (Wildman–Crippen LogP) is 0.777. The number of anilines is 1. The minimum atomic E-state index is -4.05. The number of hydrogen-bond acceptors (Lipinski definition) is 5. The molecule has 108 valence electrons. The Morgan fingerprint density at radius 1 is 1.50 bits per heavy atom. The number of benzene rings is 1. The second kappa shape index (κ2) is 5.46. The second-order valence-corrected chi connectivity index (χ2v) is 6.56. The van der Waals surface area contributed by atoms with Gasteiger partial charge in [0, 0.05) is 12.7 Å². The molecule has 1 aromatic carbocycles. The molecule has 0 radical (unpaired) electrons. The topological polar surface area (TPSA) is 103 Å². The Morgan fingerprint density at radius 3 is 2.80 bits per heavy atom. The first-order chi connectivity index (χ1) is 9.29. The first kappa shape index (κ1) is 14.9. The van der Waals surface area contributed by atoms with E-state index in [1.807, 2.05) is 0 Å². The van der Waals surface area contributed by atoms with Crippen LogP contribution in [0, 0.1) is 5.82 Å². The first-order valence-corrected chi connectivity index (χ1v) is 7.66. The Kier molecular flexibility index (Phi) is 4.06. The van der Waals surface area contributed by atoms with Gasteiger partial charge >= 0.3 is 0 Å². The maximum absolute atomic E-state index is 13.9. The highest BCUT2D eigenvalue weighted by Crippen LogP contribution is 2.26. The Bertz CT molecular complexity index is 746. The summed E-state index contributed by atoms with van der Waals surface area (Å²) < 4.78 is 41.6. The van der Waals surface area contributed by atoms with E-state index in [2.05, 4.69) is 30.7 Å². The van der Waals surface area contributed by atoms with Crippen molar-refractivity contribution >= 4 is 31.6 Å². The molecule has 0 atom stereocenters. The molecule has 0 aliphatic heterocycles. The molecule has 1 aromatic heterocycles. The number of hydrogen-bond donors (Lipinski definition) is 2. The fourth-order valence-corrected chi connectivity index (χ4v) is 3.20. The first-order valence-electron chi connectivity index (χ1n) is 5.38. The van der Waals surface area contributed by atoms with Crippen LogP contribution in [-0.4, -0.2) is 23.2 Å². The summed E-state index contributed by atoms with van der Waals surface area (Å²) >= 11 is 2.91. The van der Waals surface area contributed by atoms with Crippen LogP contribution < -0.4 is 10.5 Å². The van der Waals surface area contributed by atoms with Crippen molar-refractivity contribution in [2.24, 2.45) is 7.05 Å². The molecule has 3 N–H and O–H groups in total. The van der Waals surface area contributed by atoms with Crippen LogP contribution in [0.15, 0.2) is 27.8 Å². The fraction of sp³-hybridized carbons (Fsp3) is 0.200. The zero-order chi connectivity index (χ0) is 14.9. The van der Waals surface area contributed by atoms with Gasteiger partial charge in [0.25, 0.3) is 0 Å². The average molecular weight is 364 g/mol. The molecule has 0 bridgehead atoms. The second-order valence-electron chi connectivity index (χ2n) is 3.97. The summed E-state index contributed by atoms with van der Waals surface area (Å²) in [5, 5.41) is 3.92. The third-order valence-electron chi connectivity index (χ3n) is 2.37. The molecule has 0 unspecified atom stereocenters. The van der Waals surface area contributed by atoms with Crippen molar-refractivity contribution in [3.63, 3.8) is 0 Å². The van der Waals surface area contributed by atoms with Crippen molar-refractivity contribution in [1.82, 2.24) is 19.5 Å². The smallest absolute Gasteiger partial charge is 0.244 e. The van der Waals surface area contributed by atoms with Crippen LogP contribution >= 0.6 is 15.9 Å². The van der Waals surface area contributed by atoms with Gasteiger partial charge in [-0.2, -0.15) is 5.10 Å². The molecule has 0 spiro atoms. The zero-order valence-corrected chi connectivity index (χ0v) is 12.7. The molecule has 0 fully saturated rings. The van der Waals surface area contributed by atoms with Crippen LogP contribution in [0.2, 0.25) is 0 Å². The molecule has 20 heavy (non-hydrogen) atoms. The van der Waals surface area contributed by atoms with Crippen molar-refractivity contribution in [2.45, 2.75) is 11.4 Å². The van der Waals surface area contributed by atoms with Gasteiger partial charge in [-0.15, -0.1) is 0 Å². The van der Waals surface area contributed by atoms with Gasteiger partial charge in [-0.1, -0.05) is 0 Å². The van der Waals surface area contributed by atoms with E-state index in [0.29, 0.717) is 0 Å². The summed E-state index contributed by atoms with van der Waals surface area (Å²) in [4.78, 5) is 3.34. The molecule has 0 aliphatic carbocycles. The number of nitrogens with two attached hydrogens (primary N) is 1. The Hall–Kier alpha value is -1.52. The Balaban J connectivity index is 2.27. The average Bonchev–Trinajstić information content (AvgIpc) is 2.77. The van der Waals surface area contributed by atoms with E-state index in [4.69, 9.17) is 5.73 Å². The van der Waals surface area contributed by atoms with E-state index < -0.39 is 20.7 Å². The normalized spacial score (nSPS) is 11.8. The summed E-state index contributed by atoms with van der Waals surface area (Å²) in [7, 11) is -2.40. The van der Waals surface area contributed by atoms with Gasteiger partial charge in [0.15, 0.2) is 11.6 Å². The van der Waals surface area contributed by atoms with Gasteiger partial charge in [-0.25, -0.2) is 22.5 Å². The van der Waals surface area contributed by atoms with E-state index in [1.54, 1.807) is 7.05 Å². The van der Waals surface area contributed by atoms with Crippen LogP contribution in [0.25, 0.3) is 0 Å². The fourth-order valence-electron chi connectivity index (χ4n) is 1.48. The molecular formula is C10H11BrFN5O2S. The lowest BCUT2D eigenvalue weighted by atomic mass is 10.3. The van der Waals surface area contributed by atoms with Crippen molar-refractivity contribution < 1.29 is 12.8 Å². The molecule has 1 heterocycles. The predicted molar refractivity (Wildman–Crippen MR) is 73.5 cm³/mol. The molecular weight excluding hydrogens is 353 g/mol. The number of nitrogens with one attached hydrogen (secondary N) is 1. The van der Waals surface area contributed by atoms with E-state index in [-0.39, 0.29) is 22.5 Å². The third-order valence-corrected chi connectivity index (χ3v) is 4.35. The number of aryl methyl sites for hydroxylation is 1. The molecule has 0 saturated carbocycles. The molecule has 10 heteroatoms. The maximum atomic E-state index is 13.9. The van der Waals surface area contributed by atoms with Crippen molar-refractivity contribution in [2.75, 3.05) is 5.73 Å². The highest BCUT2D eigenvalue weighted by atomic mass is 79.9. The molecule has 0 saturated heterocycles. The van der Waals surface area contributed by atoms with Gasteiger partial charge in [0.1, 0.15) is 11.2 Å². The van der Waals surface area contributed by atoms with Crippen LogP contribution in [0.5, 0.6) is 0 Å². The van der Waals surface area contributed by atoms with Crippen molar-refractivity contribution in [1.29, 1.82) is 0 Å². The highest BCUT2D eigenvalue weighted by molar-refractivity contribution is 9.10. The summed E-state index contributed by atoms with van der Waals surface area (Å²) in [6, 6.07) is 2.34. The zero-order valence-electron chi connectivity index (χ0n) is 10.3. The summed E-state index contributed by atoms with van der Waals surface area (Å²) in [5.41, 5.74) is 5.65. The van der Waals surface area contributed by atoms with Gasteiger partial charge in [-0.05, 0) is 28.1 Å². The highest BCUT2D eigenvalue weighted by Gasteiger charge is 2.22. The van der Waals surface area contributed by atoms with Crippen LogP contribution in [0.3, 0.4) is 0 Å². The van der Waals surface area contributed by atoms with Crippen LogP contribution in [0.4, 0.5) is 10.1 Å². The van der Waals surface area contributed by atoms with Crippen molar-refractivity contribution in [3.05, 3.63) is 34.6 Å². The lowest BCUT2D eigenvalue weighted by Crippen LogP contribution is -2.25. The van der Waals surface area contributed by atoms with Crippen LogP contribution in [0.1, 0.15) is 5.82 Å². The number of aromatic nitrogens is 3. The number of rotatable bonds is 4. The maximum Gasteiger partial charge on any atom is 0.244 e. The Labute approximate surface area is 123 Å².